The number of halogens is 1. The molecule has 35 heavy (non-hydrogen) atoms. The van der Waals surface area contributed by atoms with Crippen LogP contribution in [0.1, 0.15) is 26.3 Å². The molecule has 0 radical (unpaired) electrons. The molecular formula is C27H26ClN3O4. The molecule has 3 aromatic rings. The average molecular weight is 492 g/mol. The fourth-order valence-electron chi connectivity index (χ4n) is 4.05. The van der Waals surface area contributed by atoms with Gasteiger partial charge in [-0.2, -0.15) is 0 Å². The minimum atomic E-state index is -0.483. The van der Waals surface area contributed by atoms with Crippen molar-refractivity contribution in [3.63, 3.8) is 0 Å². The van der Waals surface area contributed by atoms with Crippen LogP contribution < -0.4 is 10.2 Å². The van der Waals surface area contributed by atoms with Gasteiger partial charge in [0, 0.05) is 36.8 Å². The highest BCUT2D eigenvalue weighted by molar-refractivity contribution is 6.30. The fourth-order valence-corrected chi connectivity index (χ4v) is 4.18. The summed E-state index contributed by atoms with van der Waals surface area (Å²) in [4.78, 5) is 41.7. The van der Waals surface area contributed by atoms with Crippen LogP contribution in [0, 0.1) is 0 Å². The number of carbonyl (C=O) groups is 3. The Balaban J connectivity index is 1.49. The molecule has 1 heterocycles. The lowest BCUT2D eigenvalue weighted by molar-refractivity contribution is -0.115. The van der Waals surface area contributed by atoms with Crippen LogP contribution in [0.4, 0.5) is 11.4 Å². The molecule has 180 valence electrons. The van der Waals surface area contributed by atoms with Gasteiger partial charge in [-0.15, -0.1) is 0 Å². The van der Waals surface area contributed by atoms with Crippen molar-refractivity contribution in [2.75, 3.05) is 43.5 Å². The molecule has 0 unspecified atom stereocenters. The summed E-state index contributed by atoms with van der Waals surface area (Å²) in [5, 5.41) is 3.55. The zero-order chi connectivity index (χ0) is 24.8. The van der Waals surface area contributed by atoms with Crippen LogP contribution in [0.5, 0.6) is 0 Å². The number of hydrogen-bond donors (Lipinski definition) is 1. The van der Waals surface area contributed by atoms with E-state index < -0.39 is 5.97 Å². The number of nitrogens with one attached hydrogen (secondary N) is 1. The molecule has 2 amide bonds. The minimum Gasteiger partial charge on any atom is -0.465 e. The molecule has 3 aromatic carbocycles. The number of nitrogens with zero attached hydrogens (tertiary/aromatic N) is 2. The van der Waals surface area contributed by atoms with E-state index in [9.17, 15) is 14.4 Å². The Morgan fingerprint density at radius 2 is 1.57 bits per heavy atom. The summed E-state index contributed by atoms with van der Waals surface area (Å²) in [6, 6.07) is 21.4. The van der Waals surface area contributed by atoms with E-state index in [1.165, 1.54) is 7.11 Å². The smallest absolute Gasteiger partial charge is 0.337 e. The number of hydrogen-bond acceptors (Lipinski definition) is 5. The van der Waals surface area contributed by atoms with Crippen molar-refractivity contribution in [1.29, 1.82) is 0 Å². The van der Waals surface area contributed by atoms with E-state index >= 15 is 0 Å². The number of carbonyl (C=O) groups excluding carboxylic acids is 3. The molecule has 1 saturated heterocycles. The maximum atomic E-state index is 12.8. The lowest BCUT2D eigenvalue weighted by atomic mass is 10.1. The van der Waals surface area contributed by atoms with Crippen LogP contribution in [-0.2, 0) is 16.0 Å². The van der Waals surface area contributed by atoms with Gasteiger partial charge in [0.05, 0.1) is 30.5 Å². The van der Waals surface area contributed by atoms with E-state index in [1.807, 2.05) is 35.2 Å². The molecule has 0 saturated carbocycles. The van der Waals surface area contributed by atoms with E-state index in [1.54, 1.807) is 42.5 Å². The molecule has 0 aliphatic carbocycles. The predicted octanol–water partition coefficient (Wildman–Crippen LogP) is 4.27. The molecule has 1 fully saturated rings. The number of ether oxygens (including phenoxy) is 1. The van der Waals surface area contributed by atoms with Gasteiger partial charge in [-0.3, -0.25) is 9.59 Å². The fraction of sp³-hybridized carbons (Fsp3) is 0.222. The van der Waals surface area contributed by atoms with Crippen molar-refractivity contribution < 1.29 is 19.1 Å². The van der Waals surface area contributed by atoms with Crippen molar-refractivity contribution >= 4 is 40.8 Å². The lowest BCUT2D eigenvalue weighted by Crippen LogP contribution is -2.49. The summed E-state index contributed by atoms with van der Waals surface area (Å²) in [6.45, 7) is 2.28. The quantitative estimate of drug-likeness (QED) is 0.521. The van der Waals surface area contributed by atoms with Crippen LogP contribution in [-0.4, -0.2) is 56.0 Å². The summed E-state index contributed by atoms with van der Waals surface area (Å²) in [5.74, 6) is -0.695. The van der Waals surface area contributed by atoms with Crippen LogP contribution in [0.2, 0.25) is 5.02 Å². The van der Waals surface area contributed by atoms with E-state index in [4.69, 9.17) is 16.3 Å². The molecule has 0 atom stereocenters. The van der Waals surface area contributed by atoms with E-state index in [0.717, 1.165) is 11.3 Å². The second-order valence-corrected chi connectivity index (χ2v) is 8.66. The first-order valence-corrected chi connectivity index (χ1v) is 11.7. The van der Waals surface area contributed by atoms with Gasteiger partial charge in [0.2, 0.25) is 5.91 Å². The first kappa shape index (κ1) is 24.3. The van der Waals surface area contributed by atoms with Gasteiger partial charge < -0.3 is 19.9 Å². The first-order chi connectivity index (χ1) is 16.9. The highest BCUT2D eigenvalue weighted by Crippen LogP contribution is 2.29. The van der Waals surface area contributed by atoms with Crippen molar-refractivity contribution in [3.8, 4) is 0 Å². The average Bonchev–Trinajstić information content (AvgIpc) is 2.89. The highest BCUT2D eigenvalue weighted by Gasteiger charge is 2.24. The Kier molecular flexibility index (Phi) is 7.67. The number of anilines is 2. The standard InChI is InChI=1S/C27H26ClN3O4/c1-35-27(34)21-9-12-24(23(18-21)29-25(32)17-19-7-10-22(28)11-8-19)30-13-15-31(16-14-30)26(33)20-5-3-2-4-6-20/h2-12,18H,13-17H2,1H3,(H,29,32). The Morgan fingerprint density at radius 1 is 0.886 bits per heavy atom. The first-order valence-electron chi connectivity index (χ1n) is 11.3. The topological polar surface area (TPSA) is 79.0 Å². The Morgan fingerprint density at radius 3 is 2.23 bits per heavy atom. The van der Waals surface area contributed by atoms with Gasteiger partial charge in [-0.05, 0) is 48.0 Å². The van der Waals surface area contributed by atoms with Crippen molar-refractivity contribution in [2.24, 2.45) is 0 Å². The number of piperazine rings is 1. The number of esters is 1. The maximum absolute atomic E-state index is 12.8. The van der Waals surface area contributed by atoms with Crippen LogP contribution in [0.15, 0.2) is 72.8 Å². The minimum absolute atomic E-state index is 0.00257. The third-order valence-electron chi connectivity index (χ3n) is 5.90. The molecule has 1 aliphatic heterocycles. The molecule has 1 aliphatic rings. The Bertz CT molecular complexity index is 1210. The Hall–Kier alpha value is -3.84. The number of methoxy groups -OCH3 is 1. The van der Waals surface area contributed by atoms with E-state index in [-0.39, 0.29) is 18.2 Å². The maximum Gasteiger partial charge on any atom is 0.337 e. The summed E-state index contributed by atoms with van der Waals surface area (Å²) >= 11 is 5.94. The lowest BCUT2D eigenvalue weighted by Gasteiger charge is -2.37. The second-order valence-electron chi connectivity index (χ2n) is 8.22. The third kappa shape index (κ3) is 6.00. The largest absolute Gasteiger partial charge is 0.465 e. The van der Waals surface area contributed by atoms with Gasteiger partial charge in [0.25, 0.3) is 5.91 Å². The molecule has 4 rings (SSSR count). The number of benzene rings is 3. The summed E-state index contributed by atoms with van der Waals surface area (Å²) in [5.41, 5.74) is 3.14. The molecule has 0 bridgehead atoms. The second kappa shape index (κ2) is 11.1. The normalized spacial score (nSPS) is 13.3. The monoisotopic (exact) mass is 491 g/mol. The van der Waals surface area contributed by atoms with Crippen molar-refractivity contribution in [2.45, 2.75) is 6.42 Å². The summed E-state index contributed by atoms with van der Waals surface area (Å²) in [6.07, 6.45) is 0.165. The van der Waals surface area contributed by atoms with Gasteiger partial charge >= 0.3 is 5.97 Å². The highest BCUT2D eigenvalue weighted by atomic mass is 35.5. The van der Waals surface area contributed by atoms with Gasteiger partial charge in [-0.25, -0.2) is 4.79 Å². The van der Waals surface area contributed by atoms with Crippen LogP contribution >= 0.6 is 11.6 Å². The molecule has 7 nitrogen and oxygen atoms in total. The molecule has 8 heteroatoms. The van der Waals surface area contributed by atoms with Crippen LogP contribution in [0.3, 0.4) is 0 Å². The number of rotatable bonds is 6. The van der Waals surface area contributed by atoms with Gasteiger partial charge in [0.1, 0.15) is 0 Å². The molecular weight excluding hydrogens is 466 g/mol. The molecule has 0 spiro atoms. The SMILES string of the molecule is COC(=O)c1ccc(N2CCN(C(=O)c3ccccc3)CC2)c(NC(=O)Cc2ccc(Cl)cc2)c1. The van der Waals surface area contributed by atoms with E-state index in [0.29, 0.717) is 48.0 Å². The van der Waals surface area contributed by atoms with E-state index in [2.05, 4.69) is 10.2 Å². The summed E-state index contributed by atoms with van der Waals surface area (Å²) in [7, 11) is 1.32. The van der Waals surface area contributed by atoms with Crippen molar-refractivity contribution in [1.82, 2.24) is 4.90 Å². The van der Waals surface area contributed by atoms with Crippen molar-refractivity contribution in [3.05, 3.63) is 94.5 Å². The van der Waals surface area contributed by atoms with Crippen LogP contribution in [0.25, 0.3) is 0 Å². The third-order valence-corrected chi connectivity index (χ3v) is 6.15. The molecule has 1 N–H and O–H groups in total. The Labute approximate surface area is 209 Å². The zero-order valence-electron chi connectivity index (χ0n) is 19.4. The van der Waals surface area contributed by atoms with Gasteiger partial charge in [0.15, 0.2) is 0 Å². The number of amides is 2. The predicted molar refractivity (Wildman–Crippen MR) is 136 cm³/mol. The molecule has 0 aromatic heterocycles. The van der Waals surface area contributed by atoms with Gasteiger partial charge in [-0.1, -0.05) is 41.9 Å². The zero-order valence-corrected chi connectivity index (χ0v) is 20.1. The summed E-state index contributed by atoms with van der Waals surface area (Å²) < 4.78 is 4.85.